The maximum atomic E-state index is 12.1. The van der Waals surface area contributed by atoms with E-state index in [1.165, 1.54) is 0 Å². The van der Waals surface area contributed by atoms with Gasteiger partial charge in [0.1, 0.15) is 0 Å². The van der Waals surface area contributed by atoms with Crippen LogP contribution in [0, 0.1) is 0 Å². The van der Waals surface area contributed by atoms with Gasteiger partial charge in [0.2, 0.25) is 0 Å². The smallest absolute Gasteiger partial charge is 0.199 e. The number of nitrogens with zero attached hydrogens (tertiary/aromatic N) is 1. The highest BCUT2D eigenvalue weighted by atomic mass is 32.2. The molecule has 0 aromatic heterocycles. The molecule has 0 unspecified atom stereocenters. The maximum Gasteiger partial charge on any atom is 0.283 e. The number of hydrogen-bond acceptors (Lipinski definition) is 2. The highest BCUT2D eigenvalue weighted by molar-refractivity contribution is 7.90. The minimum atomic E-state index is -3.57. The largest absolute Gasteiger partial charge is 0.283 e. The first-order valence-corrected chi connectivity index (χ1v) is 7.71. The van der Waals surface area contributed by atoms with Crippen LogP contribution in [-0.2, 0) is 16.4 Å². The minimum Gasteiger partial charge on any atom is -0.199 e. The van der Waals surface area contributed by atoms with Crippen molar-refractivity contribution in [1.82, 2.24) is 0 Å². The molecule has 0 radical (unpaired) electrons. The zero-order chi connectivity index (χ0) is 14.2. The molecule has 20 heavy (non-hydrogen) atoms. The Morgan fingerprint density at radius 2 is 1.65 bits per heavy atom. The predicted molar refractivity (Wildman–Crippen MR) is 79.6 cm³/mol. The lowest BCUT2D eigenvalue weighted by Crippen LogP contribution is -2.04. The van der Waals surface area contributed by atoms with Gasteiger partial charge in [-0.05, 0) is 18.1 Å². The van der Waals surface area contributed by atoms with Gasteiger partial charge in [-0.2, -0.15) is 12.8 Å². The molecular weight excluding hydrogens is 270 g/mol. The number of allylic oxidation sites excluding steroid dienone is 1. The summed E-state index contributed by atoms with van der Waals surface area (Å²) in [6, 6.07) is 14.6. The Labute approximate surface area is 118 Å². The van der Waals surface area contributed by atoms with Crippen molar-refractivity contribution in [3.63, 3.8) is 0 Å². The van der Waals surface area contributed by atoms with Gasteiger partial charge in [0, 0.05) is 11.1 Å². The summed E-state index contributed by atoms with van der Waals surface area (Å²) in [5, 5.41) is 0. The number of hydrogen-bond donors (Lipinski definition) is 0. The Balaban J connectivity index is 2.25. The monoisotopic (exact) mass is 283 g/mol. The summed E-state index contributed by atoms with van der Waals surface area (Å²) in [5.41, 5.74) is 3.07. The molecule has 0 bridgehead atoms. The van der Waals surface area contributed by atoms with Gasteiger partial charge in [-0.25, -0.2) is 0 Å². The Kier molecular flexibility index (Phi) is 3.03. The zero-order valence-electron chi connectivity index (χ0n) is 10.8. The van der Waals surface area contributed by atoms with Gasteiger partial charge in [-0.3, -0.25) is 0 Å². The fourth-order valence-electron chi connectivity index (χ4n) is 2.38. The second kappa shape index (κ2) is 4.72. The van der Waals surface area contributed by atoms with Gasteiger partial charge in [-0.15, -0.1) is 6.58 Å². The average Bonchev–Trinajstić information content (AvgIpc) is 2.72. The summed E-state index contributed by atoms with van der Waals surface area (Å²) in [5.74, 6) is 0. The van der Waals surface area contributed by atoms with Crippen molar-refractivity contribution in [2.24, 2.45) is 4.40 Å². The maximum absolute atomic E-state index is 12.1. The standard InChI is InChI=1S/C16H13NO2S/c1-2-7-12-8-3-4-9-13(12)16-14-10-5-6-11-15(14)20(18,19)17-16/h2-6,8-11H,1,7H2. The summed E-state index contributed by atoms with van der Waals surface area (Å²) in [4.78, 5) is 0.281. The Morgan fingerprint density at radius 3 is 2.40 bits per heavy atom. The van der Waals surface area contributed by atoms with Crippen molar-refractivity contribution in [3.8, 4) is 0 Å². The molecule has 3 rings (SSSR count). The van der Waals surface area contributed by atoms with Crippen LogP contribution in [0.1, 0.15) is 16.7 Å². The van der Waals surface area contributed by atoms with Crippen LogP contribution in [0.25, 0.3) is 0 Å². The van der Waals surface area contributed by atoms with Crippen LogP contribution in [-0.4, -0.2) is 14.1 Å². The van der Waals surface area contributed by atoms with E-state index >= 15 is 0 Å². The van der Waals surface area contributed by atoms with Crippen LogP contribution < -0.4 is 0 Å². The molecule has 0 amide bonds. The Bertz CT molecular complexity index is 820. The van der Waals surface area contributed by atoms with E-state index in [2.05, 4.69) is 11.0 Å². The van der Waals surface area contributed by atoms with E-state index in [1.54, 1.807) is 24.3 Å². The van der Waals surface area contributed by atoms with E-state index in [9.17, 15) is 8.42 Å². The van der Waals surface area contributed by atoms with Crippen LogP contribution in [0.5, 0.6) is 0 Å². The third-order valence-corrected chi connectivity index (χ3v) is 4.60. The van der Waals surface area contributed by atoms with Crippen LogP contribution >= 0.6 is 0 Å². The lowest BCUT2D eigenvalue weighted by Gasteiger charge is -2.07. The minimum absolute atomic E-state index is 0.281. The molecule has 4 heteroatoms. The molecule has 0 aliphatic carbocycles. The zero-order valence-corrected chi connectivity index (χ0v) is 11.6. The third-order valence-electron chi connectivity index (χ3n) is 3.27. The number of rotatable bonds is 3. The van der Waals surface area contributed by atoms with E-state index < -0.39 is 10.0 Å². The lowest BCUT2D eigenvalue weighted by molar-refractivity contribution is 0.599. The molecule has 2 aromatic rings. The quantitative estimate of drug-likeness (QED) is 0.813. The molecule has 2 aromatic carbocycles. The van der Waals surface area contributed by atoms with Gasteiger partial charge in [-0.1, -0.05) is 48.5 Å². The van der Waals surface area contributed by atoms with Gasteiger partial charge >= 0.3 is 0 Å². The van der Waals surface area contributed by atoms with Gasteiger partial charge < -0.3 is 0 Å². The molecule has 0 saturated carbocycles. The summed E-state index contributed by atoms with van der Waals surface area (Å²) >= 11 is 0. The van der Waals surface area contributed by atoms with Crippen molar-refractivity contribution in [2.45, 2.75) is 11.3 Å². The van der Waals surface area contributed by atoms with Gasteiger partial charge in [0.15, 0.2) is 0 Å². The van der Waals surface area contributed by atoms with Crippen LogP contribution in [0.4, 0.5) is 0 Å². The summed E-state index contributed by atoms with van der Waals surface area (Å²) < 4.78 is 28.2. The highest BCUT2D eigenvalue weighted by Crippen LogP contribution is 2.30. The van der Waals surface area contributed by atoms with Crippen molar-refractivity contribution in [3.05, 3.63) is 77.9 Å². The lowest BCUT2D eigenvalue weighted by atomic mass is 9.96. The first-order valence-electron chi connectivity index (χ1n) is 6.27. The molecule has 0 N–H and O–H groups in total. The van der Waals surface area contributed by atoms with Gasteiger partial charge in [0.25, 0.3) is 10.0 Å². The number of benzene rings is 2. The van der Waals surface area contributed by atoms with E-state index in [-0.39, 0.29) is 4.90 Å². The summed E-state index contributed by atoms with van der Waals surface area (Å²) in [7, 11) is -3.57. The summed E-state index contributed by atoms with van der Waals surface area (Å²) in [6.45, 7) is 3.74. The normalized spacial score (nSPS) is 15.5. The first-order chi connectivity index (χ1) is 9.63. The fraction of sp³-hybridized carbons (Fsp3) is 0.0625. The molecule has 0 spiro atoms. The molecule has 1 aliphatic heterocycles. The second-order valence-corrected chi connectivity index (χ2v) is 6.13. The van der Waals surface area contributed by atoms with Crippen molar-refractivity contribution in [2.75, 3.05) is 0 Å². The van der Waals surface area contributed by atoms with E-state index in [0.717, 1.165) is 11.1 Å². The van der Waals surface area contributed by atoms with Crippen LogP contribution in [0.3, 0.4) is 0 Å². The van der Waals surface area contributed by atoms with E-state index in [1.807, 2.05) is 30.3 Å². The first kappa shape index (κ1) is 12.8. The molecule has 0 fully saturated rings. The fourth-order valence-corrected chi connectivity index (χ4v) is 3.61. The molecule has 1 aliphatic rings. The van der Waals surface area contributed by atoms with Gasteiger partial charge in [0.05, 0.1) is 10.6 Å². The molecular formula is C16H13NO2S. The van der Waals surface area contributed by atoms with Crippen LogP contribution in [0.15, 0.2) is 70.5 Å². The molecule has 0 saturated heterocycles. The summed E-state index contributed by atoms with van der Waals surface area (Å²) in [6.07, 6.45) is 2.48. The second-order valence-electron chi connectivity index (χ2n) is 4.56. The van der Waals surface area contributed by atoms with Crippen molar-refractivity contribution in [1.29, 1.82) is 0 Å². The SMILES string of the molecule is C=CCc1ccccc1C1=NS(=O)(=O)c2ccccc21. The Hall–Kier alpha value is -2.20. The molecule has 3 nitrogen and oxygen atoms in total. The van der Waals surface area contributed by atoms with E-state index in [0.29, 0.717) is 17.7 Å². The highest BCUT2D eigenvalue weighted by Gasteiger charge is 2.29. The predicted octanol–water partition coefficient (Wildman–Crippen LogP) is 2.95. The number of fused-ring (bicyclic) bond motifs is 1. The van der Waals surface area contributed by atoms with Crippen molar-refractivity contribution < 1.29 is 8.42 Å². The molecule has 0 atom stereocenters. The van der Waals surface area contributed by atoms with E-state index in [4.69, 9.17) is 0 Å². The average molecular weight is 283 g/mol. The number of sulfonamides is 1. The topological polar surface area (TPSA) is 46.5 Å². The molecule has 1 heterocycles. The molecule has 100 valence electrons. The van der Waals surface area contributed by atoms with Crippen LogP contribution in [0.2, 0.25) is 0 Å². The third kappa shape index (κ3) is 1.98. The van der Waals surface area contributed by atoms with Crippen molar-refractivity contribution >= 4 is 15.7 Å². The Morgan fingerprint density at radius 1 is 1.00 bits per heavy atom.